The van der Waals surface area contributed by atoms with E-state index in [0.717, 1.165) is 28.2 Å². The number of benzene rings is 2. The summed E-state index contributed by atoms with van der Waals surface area (Å²) in [5.41, 5.74) is 5.01. The fourth-order valence-corrected chi connectivity index (χ4v) is 4.77. The van der Waals surface area contributed by atoms with Crippen LogP contribution < -0.4 is 4.80 Å². The second-order valence-electron chi connectivity index (χ2n) is 6.50. The number of thiazole rings is 1. The standard InChI is InChI=1S/C21H24N2OS2/c1-15-12-18-19(13-16(15)2)26-21(23(18)3)22-20(24)10-7-11-25-14-17-8-5-4-6-9-17/h4-6,8-9,12-13H,7,10-11,14H2,1-3H3. The number of rotatable bonds is 6. The molecule has 1 aromatic heterocycles. The highest BCUT2D eigenvalue weighted by molar-refractivity contribution is 7.98. The lowest BCUT2D eigenvalue weighted by Crippen LogP contribution is -2.13. The Kier molecular flexibility index (Phi) is 6.33. The highest BCUT2D eigenvalue weighted by Crippen LogP contribution is 2.21. The number of nitrogens with zero attached hydrogens (tertiary/aromatic N) is 2. The van der Waals surface area contributed by atoms with Crippen molar-refractivity contribution in [3.05, 3.63) is 64.0 Å². The molecule has 0 saturated carbocycles. The van der Waals surface area contributed by atoms with Crippen LogP contribution in [0.4, 0.5) is 0 Å². The van der Waals surface area contributed by atoms with Gasteiger partial charge in [-0.1, -0.05) is 41.7 Å². The van der Waals surface area contributed by atoms with Gasteiger partial charge in [0.05, 0.1) is 10.2 Å². The zero-order chi connectivity index (χ0) is 18.5. The van der Waals surface area contributed by atoms with E-state index in [9.17, 15) is 4.79 Å². The average Bonchev–Trinajstić information content (AvgIpc) is 2.91. The maximum absolute atomic E-state index is 12.2. The number of hydrogen-bond acceptors (Lipinski definition) is 3. The van der Waals surface area contributed by atoms with E-state index >= 15 is 0 Å². The van der Waals surface area contributed by atoms with Gasteiger partial charge in [0.1, 0.15) is 0 Å². The Labute approximate surface area is 162 Å². The van der Waals surface area contributed by atoms with Gasteiger partial charge in [0.25, 0.3) is 0 Å². The van der Waals surface area contributed by atoms with E-state index < -0.39 is 0 Å². The summed E-state index contributed by atoms with van der Waals surface area (Å²) < 4.78 is 3.20. The first kappa shape index (κ1) is 18.9. The SMILES string of the molecule is Cc1cc2sc(=NC(=O)CCCSCc3ccccc3)n(C)c2cc1C. The van der Waals surface area contributed by atoms with Gasteiger partial charge in [-0.05, 0) is 54.8 Å². The summed E-state index contributed by atoms with van der Waals surface area (Å²) in [6.07, 6.45) is 1.38. The number of thioether (sulfide) groups is 1. The van der Waals surface area contributed by atoms with Crippen molar-refractivity contribution in [3.8, 4) is 0 Å². The molecule has 0 N–H and O–H groups in total. The lowest BCUT2D eigenvalue weighted by atomic mass is 10.1. The molecular weight excluding hydrogens is 360 g/mol. The van der Waals surface area contributed by atoms with Crippen molar-refractivity contribution < 1.29 is 4.79 Å². The van der Waals surface area contributed by atoms with Crippen LogP contribution in [0.25, 0.3) is 10.2 Å². The van der Waals surface area contributed by atoms with Gasteiger partial charge in [-0.3, -0.25) is 4.79 Å². The summed E-state index contributed by atoms with van der Waals surface area (Å²) in [6, 6.07) is 14.8. The summed E-state index contributed by atoms with van der Waals surface area (Å²) in [5, 5.41) is 0. The van der Waals surface area contributed by atoms with Gasteiger partial charge in [-0.2, -0.15) is 16.8 Å². The quantitative estimate of drug-likeness (QED) is 0.561. The molecule has 5 heteroatoms. The van der Waals surface area contributed by atoms with E-state index in [1.54, 1.807) is 11.3 Å². The fourth-order valence-electron chi connectivity index (χ4n) is 2.74. The molecule has 2 aromatic carbocycles. The first-order valence-corrected chi connectivity index (χ1v) is 10.8. The first-order chi connectivity index (χ1) is 12.5. The van der Waals surface area contributed by atoms with Gasteiger partial charge < -0.3 is 4.57 Å². The van der Waals surface area contributed by atoms with Gasteiger partial charge in [0.2, 0.25) is 5.91 Å². The number of amides is 1. The smallest absolute Gasteiger partial charge is 0.248 e. The normalized spacial score (nSPS) is 12.0. The Morgan fingerprint density at radius 1 is 1.15 bits per heavy atom. The van der Waals surface area contributed by atoms with Crippen molar-refractivity contribution in [2.75, 3.05) is 5.75 Å². The molecule has 3 aromatic rings. The molecule has 3 rings (SSSR count). The van der Waals surface area contributed by atoms with Gasteiger partial charge >= 0.3 is 0 Å². The Balaban J connectivity index is 1.57. The van der Waals surface area contributed by atoms with Crippen molar-refractivity contribution in [3.63, 3.8) is 0 Å². The summed E-state index contributed by atoms with van der Waals surface area (Å²) in [6.45, 7) is 4.23. The maximum Gasteiger partial charge on any atom is 0.248 e. The summed E-state index contributed by atoms with van der Waals surface area (Å²) in [7, 11) is 1.98. The first-order valence-electron chi connectivity index (χ1n) is 8.80. The number of fused-ring (bicyclic) bond motifs is 1. The van der Waals surface area contributed by atoms with Crippen molar-refractivity contribution in [1.29, 1.82) is 0 Å². The van der Waals surface area contributed by atoms with Crippen LogP contribution in [0.1, 0.15) is 29.5 Å². The van der Waals surface area contributed by atoms with Gasteiger partial charge in [0, 0.05) is 19.2 Å². The van der Waals surface area contributed by atoms with Crippen LogP contribution in [0.3, 0.4) is 0 Å². The van der Waals surface area contributed by atoms with Gasteiger partial charge in [-0.15, -0.1) is 0 Å². The molecule has 0 radical (unpaired) electrons. The van der Waals surface area contributed by atoms with Crippen LogP contribution in [0.15, 0.2) is 47.5 Å². The van der Waals surface area contributed by atoms with Crippen LogP contribution in [0.2, 0.25) is 0 Å². The Morgan fingerprint density at radius 2 is 1.88 bits per heavy atom. The summed E-state index contributed by atoms with van der Waals surface area (Å²) in [5.74, 6) is 1.95. The lowest BCUT2D eigenvalue weighted by Gasteiger charge is -2.01. The molecule has 0 fully saturated rings. The van der Waals surface area contributed by atoms with Crippen molar-refractivity contribution in [2.24, 2.45) is 12.0 Å². The largest absolute Gasteiger partial charge is 0.319 e. The number of aromatic nitrogens is 1. The molecule has 0 atom stereocenters. The van der Waals surface area contributed by atoms with Gasteiger partial charge in [0.15, 0.2) is 4.80 Å². The molecule has 0 bridgehead atoms. The van der Waals surface area contributed by atoms with Gasteiger partial charge in [-0.25, -0.2) is 0 Å². The molecule has 1 amide bonds. The Hall–Kier alpha value is -1.85. The van der Waals surface area contributed by atoms with Crippen LogP contribution in [0, 0.1) is 13.8 Å². The molecule has 136 valence electrons. The minimum Gasteiger partial charge on any atom is -0.319 e. The van der Waals surface area contributed by atoms with E-state index in [1.165, 1.54) is 21.4 Å². The highest BCUT2D eigenvalue weighted by atomic mass is 32.2. The number of carbonyl (C=O) groups is 1. The van der Waals surface area contributed by atoms with Crippen molar-refractivity contribution in [2.45, 2.75) is 32.4 Å². The molecule has 0 aliphatic carbocycles. The van der Waals surface area contributed by atoms with Crippen LogP contribution >= 0.6 is 23.1 Å². The van der Waals surface area contributed by atoms with E-state index in [2.05, 4.69) is 55.2 Å². The number of aryl methyl sites for hydroxylation is 3. The van der Waals surface area contributed by atoms with E-state index in [1.807, 2.05) is 29.4 Å². The van der Waals surface area contributed by atoms with Crippen molar-refractivity contribution >= 4 is 39.2 Å². The van der Waals surface area contributed by atoms with E-state index in [4.69, 9.17) is 0 Å². The van der Waals surface area contributed by atoms with Crippen molar-refractivity contribution in [1.82, 2.24) is 4.57 Å². The van der Waals surface area contributed by atoms with E-state index in [-0.39, 0.29) is 5.91 Å². The van der Waals surface area contributed by atoms with E-state index in [0.29, 0.717) is 6.42 Å². The van der Waals surface area contributed by atoms with Crippen LogP contribution in [-0.4, -0.2) is 16.2 Å². The lowest BCUT2D eigenvalue weighted by molar-refractivity contribution is -0.118. The third kappa shape index (κ3) is 4.65. The molecule has 0 saturated heterocycles. The molecule has 0 aliphatic heterocycles. The Morgan fingerprint density at radius 3 is 2.65 bits per heavy atom. The third-order valence-corrected chi connectivity index (χ3v) is 6.65. The zero-order valence-corrected chi connectivity index (χ0v) is 17.1. The summed E-state index contributed by atoms with van der Waals surface area (Å²) in [4.78, 5) is 17.4. The molecule has 26 heavy (non-hydrogen) atoms. The second-order valence-corrected chi connectivity index (χ2v) is 8.61. The second kappa shape index (κ2) is 8.69. The molecular formula is C21H24N2OS2. The molecule has 0 spiro atoms. The average molecular weight is 385 g/mol. The highest BCUT2D eigenvalue weighted by Gasteiger charge is 2.07. The number of hydrogen-bond donors (Lipinski definition) is 0. The molecule has 0 aliphatic rings. The molecule has 0 unspecified atom stereocenters. The van der Waals surface area contributed by atoms with Crippen LogP contribution in [-0.2, 0) is 17.6 Å². The molecule has 3 nitrogen and oxygen atoms in total. The Bertz CT molecular complexity index is 971. The topological polar surface area (TPSA) is 34.4 Å². The zero-order valence-electron chi connectivity index (χ0n) is 15.5. The van der Waals surface area contributed by atoms with Crippen LogP contribution in [0.5, 0.6) is 0 Å². The monoisotopic (exact) mass is 384 g/mol. The fraction of sp³-hybridized carbons (Fsp3) is 0.333. The summed E-state index contributed by atoms with van der Waals surface area (Å²) >= 11 is 3.45. The third-order valence-electron chi connectivity index (χ3n) is 4.44. The minimum absolute atomic E-state index is 0.0269. The molecule has 1 heterocycles. The minimum atomic E-state index is -0.0269. The maximum atomic E-state index is 12.2. The predicted octanol–water partition coefficient (Wildman–Crippen LogP) is 5.00. The predicted molar refractivity (Wildman–Crippen MR) is 113 cm³/mol. The number of carbonyl (C=O) groups excluding carboxylic acids is 1.